The Bertz CT molecular complexity index is 1160. The van der Waals surface area contributed by atoms with Gasteiger partial charge in [-0.3, -0.25) is 9.59 Å². The monoisotopic (exact) mass is 430 g/mol. The highest BCUT2D eigenvalue weighted by molar-refractivity contribution is 6.10. The zero-order valence-corrected chi connectivity index (χ0v) is 18.2. The van der Waals surface area contributed by atoms with Crippen LogP contribution in [0, 0.1) is 5.41 Å². The van der Waals surface area contributed by atoms with Crippen molar-refractivity contribution in [3.63, 3.8) is 0 Å². The standard InChI is InChI=1S/C26H26N2O4/c1-2-17-7-8-18(32-24-16-27-20-5-3-4-6-21(20)28-24)13-19(17)25-22(29)14-26(15-23(25)30)9-11-31-12-10-26/h3-8,13,16,25H,2,9-12,14-15H2,1H3. The molecule has 6 nitrogen and oxygen atoms in total. The van der Waals surface area contributed by atoms with Crippen molar-refractivity contribution < 1.29 is 19.1 Å². The Balaban J connectivity index is 1.44. The van der Waals surface area contributed by atoms with E-state index in [1.807, 2.05) is 49.4 Å². The minimum atomic E-state index is -0.718. The normalized spacial score (nSPS) is 18.9. The number of aromatic nitrogens is 2. The van der Waals surface area contributed by atoms with E-state index >= 15 is 0 Å². The largest absolute Gasteiger partial charge is 0.437 e. The molecule has 6 heteroatoms. The van der Waals surface area contributed by atoms with Gasteiger partial charge in [-0.25, -0.2) is 9.97 Å². The summed E-state index contributed by atoms with van der Waals surface area (Å²) >= 11 is 0. The number of hydrogen-bond acceptors (Lipinski definition) is 6. The predicted octanol–water partition coefficient (Wildman–Crippen LogP) is 4.80. The number of nitrogens with zero attached hydrogens (tertiary/aromatic N) is 2. The molecule has 1 spiro atoms. The van der Waals surface area contributed by atoms with Crippen LogP contribution in [0.5, 0.6) is 11.6 Å². The van der Waals surface area contributed by atoms with Crippen LogP contribution in [0.3, 0.4) is 0 Å². The Morgan fingerprint density at radius 1 is 1.03 bits per heavy atom. The number of hydrogen-bond donors (Lipinski definition) is 0. The first-order chi connectivity index (χ1) is 15.6. The summed E-state index contributed by atoms with van der Waals surface area (Å²) in [6, 6.07) is 13.2. The van der Waals surface area contributed by atoms with Crippen LogP contribution in [-0.2, 0) is 20.7 Å². The third-order valence-electron chi connectivity index (χ3n) is 6.75. The summed E-state index contributed by atoms with van der Waals surface area (Å²) in [5, 5.41) is 0. The van der Waals surface area contributed by atoms with E-state index in [1.54, 1.807) is 6.20 Å². The van der Waals surface area contributed by atoms with Gasteiger partial charge >= 0.3 is 0 Å². The summed E-state index contributed by atoms with van der Waals surface area (Å²) in [6.45, 7) is 3.29. The first kappa shape index (κ1) is 20.8. The summed E-state index contributed by atoms with van der Waals surface area (Å²) in [5.74, 6) is 0.237. The van der Waals surface area contributed by atoms with Crippen molar-refractivity contribution in [1.29, 1.82) is 0 Å². The molecule has 0 unspecified atom stereocenters. The lowest BCUT2D eigenvalue weighted by atomic mass is 9.63. The van der Waals surface area contributed by atoms with E-state index in [1.165, 1.54) is 0 Å². The third-order valence-corrected chi connectivity index (χ3v) is 6.75. The Hall–Kier alpha value is -3.12. The van der Waals surface area contributed by atoms with Crippen LogP contribution in [0.4, 0.5) is 0 Å². The van der Waals surface area contributed by atoms with E-state index in [0.29, 0.717) is 37.7 Å². The molecule has 32 heavy (non-hydrogen) atoms. The summed E-state index contributed by atoms with van der Waals surface area (Å²) in [4.78, 5) is 35.4. The first-order valence-corrected chi connectivity index (χ1v) is 11.2. The molecule has 2 aromatic carbocycles. The molecule has 0 atom stereocenters. The molecule has 0 amide bonds. The number of para-hydroxylation sites is 2. The number of rotatable bonds is 4. The molecule has 2 heterocycles. The predicted molar refractivity (Wildman–Crippen MR) is 120 cm³/mol. The van der Waals surface area contributed by atoms with Gasteiger partial charge in [-0.15, -0.1) is 0 Å². The molecule has 1 saturated heterocycles. The van der Waals surface area contributed by atoms with Gasteiger partial charge in [-0.1, -0.05) is 25.1 Å². The van der Waals surface area contributed by atoms with Crippen molar-refractivity contribution in [2.24, 2.45) is 5.41 Å². The highest BCUT2D eigenvalue weighted by atomic mass is 16.5. The number of fused-ring (bicyclic) bond motifs is 1. The summed E-state index contributed by atoms with van der Waals surface area (Å²) in [5.41, 5.74) is 3.08. The number of Topliss-reactive ketones (excluding diaryl/α,β-unsaturated/α-hetero) is 2. The van der Waals surface area contributed by atoms with Gasteiger partial charge < -0.3 is 9.47 Å². The number of carbonyl (C=O) groups is 2. The molecule has 1 aromatic heterocycles. The highest BCUT2D eigenvalue weighted by Gasteiger charge is 2.46. The maximum Gasteiger partial charge on any atom is 0.238 e. The average molecular weight is 431 g/mol. The third kappa shape index (κ3) is 3.91. The van der Waals surface area contributed by atoms with Gasteiger partial charge in [-0.05, 0) is 60.1 Å². The molecule has 5 rings (SSSR count). The molecule has 0 N–H and O–H groups in total. The molecule has 2 fully saturated rings. The number of ketones is 2. The van der Waals surface area contributed by atoms with Crippen molar-refractivity contribution in [2.45, 2.75) is 44.9 Å². The second-order valence-electron chi connectivity index (χ2n) is 8.84. The van der Waals surface area contributed by atoms with Crippen LogP contribution < -0.4 is 4.74 Å². The Morgan fingerprint density at radius 2 is 1.75 bits per heavy atom. The molecule has 0 radical (unpaired) electrons. The van der Waals surface area contributed by atoms with Crippen LogP contribution in [0.2, 0.25) is 0 Å². The summed E-state index contributed by atoms with van der Waals surface area (Å²) < 4.78 is 11.4. The quantitative estimate of drug-likeness (QED) is 0.554. The van der Waals surface area contributed by atoms with Gasteiger partial charge in [0.05, 0.1) is 17.2 Å². The lowest BCUT2D eigenvalue weighted by Gasteiger charge is -2.41. The van der Waals surface area contributed by atoms with Gasteiger partial charge in [0.15, 0.2) is 0 Å². The van der Waals surface area contributed by atoms with Crippen molar-refractivity contribution in [1.82, 2.24) is 9.97 Å². The number of ether oxygens (including phenoxy) is 2. The number of carbonyl (C=O) groups excluding carboxylic acids is 2. The topological polar surface area (TPSA) is 78.4 Å². The zero-order valence-electron chi connectivity index (χ0n) is 18.2. The minimum absolute atomic E-state index is 0.0143. The lowest BCUT2D eigenvalue weighted by molar-refractivity contribution is -0.139. The molecule has 1 aliphatic carbocycles. The minimum Gasteiger partial charge on any atom is -0.437 e. The van der Waals surface area contributed by atoms with Gasteiger partial charge in [-0.2, -0.15) is 0 Å². The van der Waals surface area contributed by atoms with Crippen LogP contribution in [0.25, 0.3) is 11.0 Å². The maximum atomic E-state index is 13.2. The zero-order chi connectivity index (χ0) is 22.1. The Labute approximate surface area is 187 Å². The van der Waals surface area contributed by atoms with E-state index in [4.69, 9.17) is 9.47 Å². The molecule has 0 bridgehead atoms. The summed E-state index contributed by atoms with van der Waals surface area (Å²) in [6.07, 6.45) is 4.76. The van der Waals surface area contributed by atoms with Crippen molar-refractivity contribution >= 4 is 22.6 Å². The van der Waals surface area contributed by atoms with Crippen LogP contribution >= 0.6 is 0 Å². The highest BCUT2D eigenvalue weighted by Crippen LogP contribution is 2.46. The van der Waals surface area contributed by atoms with E-state index in [0.717, 1.165) is 41.4 Å². The Morgan fingerprint density at radius 3 is 2.47 bits per heavy atom. The fourth-order valence-corrected chi connectivity index (χ4v) is 5.03. The Kier molecular flexibility index (Phi) is 5.47. The van der Waals surface area contributed by atoms with E-state index in [9.17, 15) is 9.59 Å². The molecular formula is C26H26N2O4. The van der Waals surface area contributed by atoms with Crippen molar-refractivity contribution in [3.8, 4) is 11.6 Å². The second kappa shape index (κ2) is 8.43. The van der Waals surface area contributed by atoms with E-state index in [2.05, 4.69) is 9.97 Å². The molecule has 1 saturated carbocycles. The summed E-state index contributed by atoms with van der Waals surface area (Å²) in [7, 11) is 0. The van der Waals surface area contributed by atoms with Crippen molar-refractivity contribution in [2.75, 3.05) is 13.2 Å². The van der Waals surface area contributed by atoms with Gasteiger partial charge in [0, 0.05) is 26.1 Å². The molecule has 1 aliphatic heterocycles. The number of benzene rings is 2. The maximum absolute atomic E-state index is 13.2. The molecular weight excluding hydrogens is 404 g/mol. The van der Waals surface area contributed by atoms with Crippen LogP contribution in [0.1, 0.15) is 49.7 Å². The van der Waals surface area contributed by atoms with Gasteiger partial charge in [0.1, 0.15) is 23.2 Å². The lowest BCUT2D eigenvalue weighted by Crippen LogP contribution is -2.42. The van der Waals surface area contributed by atoms with Crippen LogP contribution in [0.15, 0.2) is 48.7 Å². The number of aryl methyl sites for hydroxylation is 1. The molecule has 3 aromatic rings. The SMILES string of the molecule is CCc1ccc(Oc2cnc3ccccc3n2)cc1C1C(=O)CC2(CCOCC2)CC1=O. The van der Waals surface area contributed by atoms with E-state index in [-0.39, 0.29) is 17.0 Å². The molecule has 164 valence electrons. The van der Waals surface area contributed by atoms with Crippen molar-refractivity contribution in [3.05, 3.63) is 59.8 Å². The first-order valence-electron chi connectivity index (χ1n) is 11.2. The fourth-order valence-electron chi connectivity index (χ4n) is 5.03. The fraction of sp³-hybridized carbons (Fsp3) is 0.385. The van der Waals surface area contributed by atoms with Crippen LogP contribution in [-0.4, -0.2) is 34.7 Å². The van der Waals surface area contributed by atoms with Gasteiger partial charge in [0.2, 0.25) is 5.88 Å². The van der Waals surface area contributed by atoms with E-state index < -0.39 is 5.92 Å². The molecule has 2 aliphatic rings. The smallest absolute Gasteiger partial charge is 0.238 e. The van der Waals surface area contributed by atoms with Gasteiger partial charge in [0.25, 0.3) is 0 Å². The second-order valence-corrected chi connectivity index (χ2v) is 8.84. The average Bonchev–Trinajstić information content (AvgIpc) is 2.79.